The fourth-order valence-corrected chi connectivity index (χ4v) is 1.51. The quantitative estimate of drug-likeness (QED) is 0.665. The van der Waals surface area contributed by atoms with Crippen LogP contribution in [-0.2, 0) is 4.79 Å². The largest absolute Gasteiger partial charge is 0.389 e. The molecule has 102 valence electrons. The van der Waals surface area contributed by atoms with E-state index < -0.39 is 0 Å². The number of benzene rings is 1. The lowest BCUT2D eigenvalue weighted by molar-refractivity contribution is -0.120. The number of hydrogen-bond acceptors (Lipinski definition) is 3. The van der Waals surface area contributed by atoms with E-state index in [9.17, 15) is 9.59 Å². The number of nitrogens with one attached hydrogen (secondary N) is 2. The summed E-state index contributed by atoms with van der Waals surface area (Å²) in [7, 11) is 0. The second kappa shape index (κ2) is 7.48. The Morgan fingerprint density at radius 3 is 2.26 bits per heavy atom. The van der Waals surface area contributed by atoms with Gasteiger partial charge in [-0.2, -0.15) is 0 Å². The Hall–Kier alpha value is -1.95. The molecule has 4 N–H and O–H groups in total. The van der Waals surface area contributed by atoms with Crippen LogP contribution in [0.1, 0.15) is 29.3 Å². The Morgan fingerprint density at radius 1 is 1.16 bits per heavy atom. The molecule has 5 nitrogen and oxygen atoms in total. The van der Waals surface area contributed by atoms with Crippen LogP contribution < -0.4 is 16.4 Å². The molecule has 0 atom stereocenters. The summed E-state index contributed by atoms with van der Waals surface area (Å²) in [6.45, 7) is 2.54. The van der Waals surface area contributed by atoms with Crippen molar-refractivity contribution in [3.05, 3.63) is 35.4 Å². The first kappa shape index (κ1) is 15.1. The third-order valence-electron chi connectivity index (χ3n) is 2.41. The maximum atomic E-state index is 11.7. The molecule has 0 aliphatic heterocycles. The maximum absolute atomic E-state index is 11.7. The first-order valence-corrected chi connectivity index (χ1v) is 6.40. The number of nitrogens with two attached hydrogens (primary N) is 1. The zero-order chi connectivity index (χ0) is 14.3. The Kier molecular flexibility index (Phi) is 5.95. The van der Waals surface area contributed by atoms with Gasteiger partial charge in [0.25, 0.3) is 5.91 Å². The molecular weight excluding hydrogens is 262 g/mol. The highest BCUT2D eigenvalue weighted by molar-refractivity contribution is 7.80. The summed E-state index contributed by atoms with van der Waals surface area (Å²) >= 11 is 4.82. The van der Waals surface area contributed by atoms with Crippen molar-refractivity contribution < 1.29 is 9.59 Å². The van der Waals surface area contributed by atoms with E-state index in [0.717, 1.165) is 6.42 Å². The molecule has 6 heteroatoms. The smallest absolute Gasteiger partial charge is 0.251 e. The fraction of sp³-hybridized carbons (Fsp3) is 0.308. The molecule has 0 aliphatic carbocycles. The van der Waals surface area contributed by atoms with Crippen LogP contribution in [0.25, 0.3) is 0 Å². The Labute approximate surface area is 117 Å². The van der Waals surface area contributed by atoms with Crippen molar-refractivity contribution in [2.45, 2.75) is 13.3 Å². The minimum Gasteiger partial charge on any atom is -0.389 e. The number of carbonyl (C=O) groups excluding carboxylic acids is 2. The summed E-state index contributed by atoms with van der Waals surface area (Å²) in [4.78, 5) is 23.4. The van der Waals surface area contributed by atoms with Gasteiger partial charge in [-0.1, -0.05) is 31.3 Å². The highest BCUT2D eigenvalue weighted by Crippen LogP contribution is 2.04. The van der Waals surface area contributed by atoms with Crippen LogP contribution in [0.5, 0.6) is 0 Å². The Bertz CT molecular complexity index is 471. The predicted molar refractivity (Wildman–Crippen MR) is 78.0 cm³/mol. The number of amides is 2. The summed E-state index contributed by atoms with van der Waals surface area (Å²) in [6.07, 6.45) is 0.861. The van der Waals surface area contributed by atoms with E-state index in [1.165, 1.54) is 0 Å². The lowest BCUT2D eigenvalue weighted by atomic mass is 10.1. The molecule has 0 saturated heterocycles. The summed E-state index contributed by atoms with van der Waals surface area (Å²) in [6, 6.07) is 6.59. The number of carbonyl (C=O) groups is 2. The van der Waals surface area contributed by atoms with Gasteiger partial charge < -0.3 is 16.4 Å². The molecule has 1 rings (SSSR count). The van der Waals surface area contributed by atoms with Gasteiger partial charge in [0.1, 0.15) is 4.99 Å². The van der Waals surface area contributed by atoms with Crippen LogP contribution in [-0.4, -0.2) is 29.9 Å². The standard InChI is InChI=1S/C13H17N3O2S/c1-2-7-15-11(17)8-16-13(18)10-5-3-9(4-6-10)12(14)19/h3-6H,2,7-8H2,1H3,(H2,14,19)(H,15,17)(H,16,18). The number of hydrogen-bond donors (Lipinski definition) is 3. The summed E-state index contributed by atoms with van der Waals surface area (Å²) in [5.41, 5.74) is 6.63. The predicted octanol–water partition coefficient (Wildman–Crippen LogP) is 0.577. The lowest BCUT2D eigenvalue weighted by Gasteiger charge is -2.06. The van der Waals surface area contributed by atoms with Crippen molar-refractivity contribution in [1.82, 2.24) is 10.6 Å². The SMILES string of the molecule is CCCNC(=O)CNC(=O)c1ccc(C(N)=S)cc1. The molecule has 0 saturated carbocycles. The highest BCUT2D eigenvalue weighted by Gasteiger charge is 2.07. The lowest BCUT2D eigenvalue weighted by Crippen LogP contribution is -2.37. The van der Waals surface area contributed by atoms with E-state index in [1.54, 1.807) is 24.3 Å². The first-order valence-electron chi connectivity index (χ1n) is 5.99. The molecule has 0 bridgehead atoms. The van der Waals surface area contributed by atoms with Crippen molar-refractivity contribution in [2.75, 3.05) is 13.1 Å². The Morgan fingerprint density at radius 2 is 1.74 bits per heavy atom. The van der Waals surface area contributed by atoms with E-state index in [-0.39, 0.29) is 23.3 Å². The van der Waals surface area contributed by atoms with Crippen LogP contribution in [0.2, 0.25) is 0 Å². The number of rotatable bonds is 6. The third kappa shape index (κ3) is 5.05. The van der Waals surface area contributed by atoms with E-state index >= 15 is 0 Å². The second-order valence-corrected chi connectivity index (χ2v) is 4.41. The fourth-order valence-electron chi connectivity index (χ4n) is 1.38. The van der Waals surface area contributed by atoms with Gasteiger partial charge in [-0.3, -0.25) is 9.59 Å². The van der Waals surface area contributed by atoms with Crippen molar-refractivity contribution >= 4 is 29.0 Å². The molecule has 1 aromatic carbocycles. The van der Waals surface area contributed by atoms with Crippen LogP contribution in [0, 0.1) is 0 Å². The zero-order valence-electron chi connectivity index (χ0n) is 10.7. The minimum absolute atomic E-state index is 0.0319. The molecule has 0 aromatic heterocycles. The zero-order valence-corrected chi connectivity index (χ0v) is 11.5. The van der Waals surface area contributed by atoms with E-state index in [1.807, 2.05) is 6.92 Å². The monoisotopic (exact) mass is 279 g/mol. The molecule has 0 aliphatic rings. The molecule has 19 heavy (non-hydrogen) atoms. The van der Waals surface area contributed by atoms with Gasteiger partial charge in [-0.15, -0.1) is 0 Å². The van der Waals surface area contributed by atoms with E-state index in [4.69, 9.17) is 18.0 Å². The topological polar surface area (TPSA) is 84.2 Å². The minimum atomic E-state index is -0.305. The van der Waals surface area contributed by atoms with Crippen molar-refractivity contribution in [3.8, 4) is 0 Å². The van der Waals surface area contributed by atoms with Crippen molar-refractivity contribution in [2.24, 2.45) is 5.73 Å². The van der Waals surface area contributed by atoms with Crippen molar-refractivity contribution in [1.29, 1.82) is 0 Å². The van der Waals surface area contributed by atoms with Gasteiger partial charge in [0.2, 0.25) is 5.91 Å². The van der Waals surface area contributed by atoms with Gasteiger partial charge in [0.15, 0.2) is 0 Å². The molecule has 0 fully saturated rings. The third-order valence-corrected chi connectivity index (χ3v) is 2.65. The Balaban J connectivity index is 2.49. The van der Waals surface area contributed by atoms with Gasteiger partial charge >= 0.3 is 0 Å². The second-order valence-electron chi connectivity index (χ2n) is 3.97. The molecule has 0 unspecified atom stereocenters. The molecule has 1 aromatic rings. The van der Waals surface area contributed by atoms with Crippen LogP contribution in [0.15, 0.2) is 24.3 Å². The molecule has 0 heterocycles. The van der Waals surface area contributed by atoms with Gasteiger partial charge in [-0.25, -0.2) is 0 Å². The molecule has 0 radical (unpaired) electrons. The average Bonchev–Trinajstić information content (AvgIpc) is 2.42. The van der Waals surface area contributed by atoms with Gasteiger partial charge in [0.05, 0.1) is 6.54 Å². The molecular formula is C13H17N3O2S. The summed E-state index contributed by atoms with van der Waals surface area (Å²) in [5.74, 6) is -0.504. The first-order chi connectivity index (χ1) is 9.04. The summed E-state index contributed by atoms with van der Waals surface area (Å²) in [5, 5.41) is 5.22. The van der Waals surface area contributed by atoms with Crippen LogP contribution in [0.4, 0.5) is 0 Å². The average molecular weight is 279 g/mol. The van der Waals surface area contributed by atoms with Crippen LogP contribution >= 0.6 is 12.2 Å². The maximum Gasteiger partial charge on any atom is 0.251 e. The molecule has 0 spiro atoms. The highest BCUT2D eigenvalue weighted by atomic mass is 32.1. The van der Waals surface area contributed by atoms with E-state index in [2.05, 4.69) is 10.6 Å². The van der Waals surface area contributed by atoms with Crippen molar-refractivity contribution in [3.63, 3.8) is 0 Å². The van der Waals surface area contributed by atoms with E-state index in [0.29, 0.717) is 17.7 Å². The van der Waals surface area contributed by atoms with Gasteiger partial charge in [-0.05, 0) is 18.6 Å². The molecule has 2 amide bonds. The van der Waals surface area contributed by atoms with Gasteiger partial charge in [0, 0.05) is 17.7 Å². The normalized spacial score (nSPS) is 9.74. The number of thiocarbonyl (C=S) groups is 1. The summed E-state index contributed by atoms with van der Waals surface area (Å²) < 4.78 is 0. The van der Waals surface area contributed by atoms with Crippen LogP contribution in [0.3, 0.4) is 0 Å².